The molecule has 186 valence electrons. The van der Waals surface area contributed by atoms with Gasteiger partial charge < -0.3 is 5.32 Å². The highest BCUT2D eigenvalue weighted by Gasteiger charge is 2.31. The van der Waals surface area contributed by atoms with Crippen LogP contribution >= 0.6 is 0 Å². The van der Waals surface area contributed by atoms with Crippen LogP contribution in [-0.4, -0.2) is 38.7 Å². The second-order valence-electron chi connectivity index (χ2n) is 9.25. The van der Waals surface area contributed by atoms with Gasteiger partial charge in [-0.3, -0.25) is 9.69 Å². The van der Waals surface area contributed by atoms with E-state index in [1.807, 2.05) is 26.0 Å². The van der Waals surface area contributed by atoms with Gasteiger partial charge in [0.05, 0.1) is 23.0 Å². The molecule has 0 spiro atoms. The average Bonchev–Trinajstić information content (AvgIpc) is 3.29. The van der Waals surface area contributed by atoms with Gasteiger partial charge in [-0.05, 0) is 55.1 Å². The van der Waals surface area contributed by atoms with Gasteiger partial charge in [-0.2, -0.15) is 18.3 Å². The molecule has 0 unspecified atom stereocenters. The molecular formula is C26H30F3N5O. The molecule has 2 aromatic heterocycles. The number of hydrogen-bond acceptors (Lipinski definition) is 4. The molecule has 0 atom stereocenters. The van der Waals surface area contributed by atoms with E-state index in [4.69, 9.17) is 0 Å². The predicted molar refractivity (Wildman–Crippen MR) is 127 cm³/mol. The van der Waals surface area contributed by atoms with Crippen LogP contribution in [-0.2, 0) is 19.3 Å². The second kappa shape index (κ2) is 10.6. The van der Waals surface area contributed by atoms with Crippen LogP contribution in [0.2, 0.25) is 0 Å². The molecule has 1 amide bonds. The van der Waals surface area contributed by atoms with Crippen molar-refractivity contribution in [3.63, 3.8) is 0 Å². The molecule has 35 heavy (non-hydrogen) atoms. The molecule has 1 fully saturated rings. The van der Waals surface area contributed by atoms with Gasteiger partial charge in [0, 0.05) is 19.3 Å². The Labute approximate surface area is 203 Å². The van der Waals surface area contributed by atoms with Crippen LogP contribution in [0.3, 0.4) is 0 Å². The quantitative estimate of drug-likeness (QED) is 0.492. The van der Waals surface area contributed by atoms with Crippen molar-refractivity contribution in [2.45, 2.75) is 58.3 Å². The van der Waals surface area contributed by atoms with Crippen molar-refractivity contribution < 1.29 is 18.0 Å². The van der Waals surface area contributed by atoms with E-state index >= 15 is 0 Å². The highest BCUT2D eigenvalue weighted by atomic mass is 19.4. The zero-order chi connectivity index (χ0) is 25.0. The van der Waals surface area contributed by atoms with Gasteiger partial charge in [-0.25, -0.2) is 9.67 Å². The highest BCUT2D eigenvalue weighted by molar-refractivity contribution is 5.95. The number of pyridine rings is 1. The number of likely N-dealkylation sites (tertiary alicyclic amines) is 1. The maximum atomic E-state index is 13.0. The summed E-state index contributed by atoms with van der Waals surface area (Å²) >= 11 is 0. The number of rotatable bonds is 7. The second-order valence-corrected chi connectivity index (χ2v) is 9.25. The van der Waals surface area contributed by atoms with Crippen LogP contribution in [0, 0.1) is 0 Å². The van der Waals surface area contributed by atoms with Crippen molar-refractivity contribution in [3.05, 3.63) is 76.7 Å². The monoisotopic (exact) mass is 485 g/mol. The fraction of sp³-hybridized carbons (Fsp3) is 0.423. The lowest BCUT2D eigenvalue weighted by Gasteiger charge is -2.26. The Hall–Kier alpha value is -3.20. The number of benzene rings is 1. The summed E-state index contributed by atoms with van der Waals surface area (Å²) in [5, 5.41) is 7.18. The van der Waals surface area contributed by atoms with Crippen molar-refractivity contribution in [1.29, 1.82) is 0 Å². The molecule has 0 radical (unpaired) electrons. The fourth-order valence-electron chi connectivity index (χ4n) is 4.37. The third kappa shape index (κ3) is 6.08. The summed E-state index contributed by atoms with van der Waals surface area (Å²) in [7, 11) is 0. The number of piperidine rings is 1. The van der Waals surface area contributed by atoms with E-state index in [-0.39, 0.29) is 17.6 Å². The third-order valence-corrected chi connectivity index (χ3v) is 6.22. The topological polar surface area (TPSA) is 63.1 Å². The Kier molecular flexibility index (Phi) is 7.54. The van der Waals surface area contributed by atoms with Gasteiger partial charge in [0.2, 0.25) is 0 Å². The van der Waals surface area contributed by atoms with E-state index in [1.165, 1.54) is 41.8 Å². The maximum Gasteiger partial charge on any atom is 0.417 e. The van der Waals surface area contributed by atoms with E-state index in [2.05, 4.69) is 32.4 Å². The number of carbonyl (C=O) groups excluding carboxylic acids is 1. The number of hydrogen-bond donors (Lipinski definition) is 1. The Morgan fingerprint density at radius 1 is 1.00 bits per heavy atom. The van der Waals surface area contributed by atoms with Crippen LogP contribution in [0.1, 0.15) is 71.8 Å². The largest absolute Gasteiger partial charge is 0.417 e. The minimum absolute atomic E-state index is 0.101. The fourth-order valence-corrected chi connectivity index (χ4v) is 4.37. The summed E-state index contributed by atoms with van der Waals surface area (Å²) in [6, 6.07) is 10.5. The van der Waals surface area contributed by atoms with Crippen LogP contribution < -0.4 is 5.32 Å². The third-order valence-electron chi connectivity index (χ3n) is 6.22. The van der Waals surface area contributed by atoms with Crippen molar-refractivity contribution in [2.24, 2.45) is 0 Å². The lowest BCUT2D eigenvalue weighted by Crippen LogP contribution is -2.29. The van der Waals surface area contributed by atoms with Crippen LogP contribution in [0.25, 0.3) is 5.82 Å². The molecule has 6 nitrogen and oxygen atoms in total. The molecule has 3 heterocycles. The first-order valence-electron chi connectivity index (χ1n) is 11.9. The number of amides is 1. The zero-order valence-electron chi connectivity index (χ0n) is 20.0. The first-order chi connectivity index (χ1) is 16.7. The van der Waals surface area contributed by atoms with Crippen molar-refractivity contribution in [2.75, 3.05) is 13.1 Å². The molecule has 4 rings (SSSR count). The highest BCUT2D eigenvalue weighted by Crippen LogP contribution is 2.29. The summed E-state index contributed by atoms with van der Waals surface area (Å²) in [4.78, 5) is 19.4. The van der Waals surface area contributed by atoms with Crippen molar-refractivity contribution in [3.8, 4) is 5.82 Å². The number of carbonyl (C=O) groups is 1. The minimum Gasteiger partial charge on any atom is -0.348 e. The van der Waals surface area contributed by atoms with Gasteiger partial charge >= 0.3 is 6.18 Å². The molecule has 0 aliphatic carbocycles. The van der Waals surface area contributed by atoms with E-state index in [0.29, 0.717) is 17.8 Å². The Balaban J connectivity index is 1.42. The zero-order valence-corrected chi connectivity index (χ0v) is 20.0. The Bertz CT molecular complexity index is 1130. The van der Waals surface area contributed by atoms with Gasteiger partial charge in [0.25, 0.3) is 5.91 Å². The van der Waals surface area contributed by atoms with Gasteiger partial charge in [0.1, 0.15) is 0 Å². The molecule has 1 aliphatic rings. The number of halogens is 3. The molecule has 1 N–H and O–H groups in total. The van der Waals surface area contributed by atoms with Gasteiger partial charge in [-0.15, -0.1) is 0 Å². The molecule has 1 aliphatic heterocycles. The summed E-state index contributed by atoms with van der Waals surface area (Å²) < 4.78 is 40.0. The number of alkyl halides is 3. The number of nitrogens with one attached hydrogen (secondary N) is 1. The Morgan fingerprint density at radius 2 is 1.69 bits per heavy atom. The van der Waals surface area contributed by atoms with Crippen molar-refractivity contribution >= 4 is 5.91 Å². The van der Waals surface area contributed by atoms with Gasteiger partial charge in [-0.1, -0.05) is 44.5 Å². The summed E-state index contributed by atoms with van der Waals surface area (Å²) in [5.74, 6) is -0.161. The standard InChI is InChI=1S/C26H30F3N5O/c1-18(2)24-22(16-32-34(24)23-11-10-21(15-30-23)26(27,28)29)25(35)31-14-19-6-8-20(9-7-19)17-33-12-4-3-5-13-33/h6-11,15-16,18H,3-5,12-14,17H2,1-2H3,(H,31,35). The van der Waals surface area contributed by atoms with Gasteiger partial charge in [0.15, 0.2) is 5.82 Å². The normalized spacial score (nSPS) is 14.9. The summed E-state index contributed by atoms with van der Waals surface area (Å²) in [6.07, 6.45) is 1.57. The lowest BCUT2D eigenvalue weighted by atomic mass is 10.0. The minimum atomic E-state index is -4.46. The lowest BCUT2D eigenvalue weighted by molar-refractivity contribution is -0.137. The first kappa shape index (κ1) is 24.9. The first-order valence-corrected chi connectivity index (χ1v) is 11.9. The van der Waals surface area contributed by atoms with Crippen molar-refractivity contribution in [1.82, 2.24) is 25.0 Å². The van der Waals surface area contributed by atoms with Crippen LogP contribution in [0.4, 0.5) is 13.2 Å². The summed E-state index contributed by atoms with van der Waals surface area (Å²) in [5.41, 5.74) is 2.38. The number of nitrogens with zero attached hydrogens (tertiary/aromatic N) is 4. The van der Waals surface area contributed by atoms with Crippen LogP contribution in [0.5, 0.6) is 0 Å². The number of aromatic nitrogens is 3. The van der Waals surface area contributed by atoms with Crippen LogP contribution in [0.15, 0.2) is 48.8 Å². The molecule has 0 bridgehead atoms. The predicted octanol–water partition coefficient (Wildman–Crippen LogP) is 5.33. The molecule has 1 aromatic carbocycles. The average molecular weight is 486 g/mol. The maximum absolute atomic E-state index is 13.0. The molecule has 9 heteroatoms. The van der Waals surface area contributed by atoms with E-state index in [1.54, 1.807) is 0 Å². The molecule has 1 saturated heterocycles. The van der Waals surface area contributed by atoms with E-state index < -0.39 is 11.7 Å². The smallest absolute Gasteiger partial charge is 0.348 e. The van der Waals surface area contributed by atoms with E-state index in [9.17, 15) is 18.0 Å². The Morgan fingerprint density at radius 3 is 2.29 bits per heavy atom. The SMILES string of the molecule is CC(C)c1c(C(=O)NCc2ccc(CN3CCCCC3)cc2)cnn1-c1ccc(C(F)(F)F)cn1. The van der Waals surface area contributed by atoms with E-state index in [0.717, 1.165) is 37.5 Å². The molecular weight excluding hydrogens is 455 g/mol. The molecule has 3 aromatic rings. The molecule has 0 saturated carbocycles. The summed E-state index contributed by atoms with van der Waals surface area (Å²) in [6.45, 7) is 7.40.